The van der Waals surface area contributed by atoms with Crippen LogP contribution in [-0.2, 0) is 4.79 Å². The van der Waals surface area contributed by atoms with Gasteiger partial charge in [-0.2, -0.15) is 8.78 Å². The van der Waals surface area contributed by atoms with Gasteiger partial charge in [0, 0.05) is 6.04 Å². The molecule has 1 aliphatic rings. The third-order valence-corrected chi connectivity index (χ3v) is 3.06. The number of carbonyl (C=O) groups excluding carboxylic acids is 1. The summed E-state index contributed by atoms with van der Waals surface area (Å²) in [6, 6.07) is -0.826. The Labute approximate surface area is 103 Å². The highest BCUT2D eigenvalue weighted by atomic mass is 19.3. The van der Waals surface area contributed by atoms with Gasteiger partial charge in [0.05, 0.1) is 12.6 Å². The number of hydrogen-bond acceptors (Lipinski definition) is 2. The maximum atomic E-state index is 12.6. The zero-order chi connectivity index (χ0) is 13.8. The Hall–Kier alpha value is -0.850. The van der Waals surface area contributed by atoms with Gasteiger partial charge in [-0.1, -0.05) is 12.8 Å². The Bertz CT molecular complexity index is 280. The third-order valence-electron chi connectivity index (χ3n) is 3.06. The molecule has 0 aromatic heterocycles. The first-order valence-corrected chi connectivity index (χ1v) is 6.02. The van der Waals surface area contributed by atoms with E-state index in [1.54, 1.807) is 0 Å². The van der Waals surface area contributed by atoms with Gasteiger partial charge in [-0.25, -0.2) is 8.78 Å². The lowest BCUT2D eigenvalue weighted by molar-refractivity contribution is -0.131. The molecule has 0 aromatic rings. The molecule has 0 spiro atoms. The first-order valence-electron chi connectivity index (χ1n) is 6.02. The van der Waals surface area contributed by atoms with Crippen LogP contribution >= 0.6 is 0 Å². The third kappa shape index (κ3) is 4.44. The molecule has 7 heteroatoms. The molecule has 0 aromatic carbocycles. The topological polar surface area (TPSA) is 41.1 Å². The molecule has 0 radical (unpaired) electrons. The summed E-state index contributed by atoms with van der Waals surface area (Å²) in [5.41, 5.74) is 0. The van der Waals surface area contributed by atoms with Crippen molar-refractivity contribution in [3.63, 3.8) is 0 Å². The van der Waals surface area contributed by atoms with Crippen molar-refractivity contribution in [2.75, 3.05) is 6.54 Å². The zero-order valence-corrected chi connectivity index (χ0v) is 10.2. The van der Waals surface area contributed by atoms with Gasteiger partial charge in [0.15, 0.2) is 0 Å². The molecule has 1 aliphatic carbocycles. The fraction of sp³-hybridized carbons (Fsp3) is 0.909. The Balaban J connectivity index is 2.31. The highest BCUT2D eigenvalue weighted by Gasteiger charge is 2.40. The summed E-state index contributed by atoms with van der Waals surface area (Å²) in [7, 11) is 0. The number of hydrogen-bond donors (Lipinski definition) is 2. The fourth-order valence-electron chi connectivity index (χ4n) is 1.86. The van der Waals surface area contributed by atoms with Gasteiger partial charge in [-0.3, -0.25) is 4.79 Å². The summed E-state index contributed by atoms with van der Waals surface area (Å²) in [5, 5.41) is 4.85. The lowest BCUT2D eigenvalue weighted by Crippen LogP contribution is -2.50. The van der Waals surface area contributed by atoms with Crippen LogP contribution in [0.1, 0.15) is 32.6 Å². The molecule has 2 N–H and O–H groups in total. The van der Waals surface area contributed by atoms with E-state index in [9.17, 15) is 22.4 Å². The standard InChI is InChI=1S/C11H18F4N2O/c1-7(16-6-11(14,15)10(12)13)9(18)17-8-4-2-3-5-8/h7-8,10,16H,2-6H2,1H3,(H,17,18). The molecule has 0 aliphatic heterocycles. The van der Waals surface area contributed by atoms with Crippen molar-refractivity contribution in [1.82, 2.24) is 10.6 Å². The molecule has 1 amide bonds. The average Bonchev–Trinajstić information content (AvgIpc) is 2.78. The van der Waals surface area contributed by atoms with Gasteiger partial charge in [0.2, 0.25) is 5.91 Å². The number of amides is 1. The van der Waals surface area contributed by atoms with Gasteiger partial charge in [-0.05, 0) is 19.8 Å². The molecule has 0 bridgehead atoms. The van der Waals surface area contributed by atoms with Crippen LogP contribution in [0.5, 0.6) is 0 Å². The fourth-order valence-corrected chi connectivity index (χ4v) is 1.86. The van der Waals surface area contributed by atoms with Crippen LogP contribution < -0.4 is 10.6 Å². The van der Waals surface area contributed by atoms with E-state index >= 15 is 0 Å². The molecule has 18 heavy (non-hydrogen) atoms. The van der Waals surface area contributed by atoms with Crippen LogP contribution in [0.3, 0.4) is 0 Å². The van der Waals surface area contributed by atoms with Crippen LogP contribution in [0.15, 0.2) is 0 Å². The van der Waals surface area contributed by atoms with Crippen molar-refractivity contribution >= 4 is 5.91 Å². The van der Waals surface area contributed by atoms with Crippen molar-refractivity contribution in [1.29, 1.82) is 0 Å². The molecule has 1 unspecified atom stereocenters. The Morgan fingerprint density at radius 2 is 1.89 bits per heavy atom. The second-order valence-corrected chi connectivity index (χ2v) is 4.65. The minimum Gasteiger partial charge on any atom is -0.352 e. The molecule has 1 atom stereocenters. The van der Waals surface area contributed by atoms with Crippen molar-refractivity contribution in [3.8, 4) is 0 Å². The van der Waals surface area contributed by atoms with E-state index in [0.717, 1.165) is 25.7 Å². The van der Waals surface area contributed by atoms with Gasteiger partial charge < -0.3 is 10.6 Å². The Kier molecular flexibility index (Phi) is 5.37. The maximum Gasteiger partial charge on any atom is 0.319 e. The van der Waals surface area contributed by atoms with Gasteiger partial charge >= 0.3 is 12.3 Å². The Morgan fingerprint density at radius 3 is 2.39 bits per heavy atom. The van der Waals surface area contributed by atoms with Crippen molar-refractivity contribution in [3.05, 3.63) is 0 Å². The minimum absolute atomic E-state index is 0.0809. The molecule has 0 saturated heterocycles. The van der Waals surface area contributed by atoms with E-state index < -0.39 is 30.8 Å². The molecule has 1 fully saturated rings. The Morgan fingerprint density at radius 1 is 1.33 bits per heavy atom. The number of halogens is 4. The number of alkyl halides is 4. The van der Waals surface area contributed by atoms with Crippen molar-refractivity contribution in [2.24, 2.45) is 0 Å². The smallest absolute Gasteiger partial charge is 0.319 e. The number of carbonyl (C=O) groups is 1. The molecular weight excluding hydrogens is 252 g/mol. The molecule has 3 nitrogen and oxygen atoms in total. The van der Waals surface area contributed by atoms with Crippen LogP contribution in [-0.4, -0.2) is 36.9 Å². The maximum absolute atomic E-state index is 12.6. The summed E-state index contributed by atoms with van der Waals surface area (Å²) in [4.78, 5) is 11.6. The lowest BCUT2D eigenvalue weighted by atomic mass is 10.2. The van der Waals surface area contributed by atoms with Gasteiger partial charge in [0.25, 0.3) is 0 Å². The number of rotatable bonds is 6. The SMILES string of the molecule is CC(NCC(F)(F)C(F)F)C(=O)NC1CCCC1. The quantitative estimate of drug-likeness (QED) is 0.724. The first kappa shape index (κ1) is 15.2. The summed E-state index contributed by atoms with van der Waals surface area (Å²) in [5.74, 6) is -4.53. The summed E-state index contributed by atoms with van der Waals surface area (Å²) < 4.78 is 49.1. The van der Waals surface area contributed by atoms with E-state index in [4.69, 9.17) is 0 Å². The zero-order valence-electron chi connectivity index (χ0n) is 10.2. The molecule has 106 valence electrons. The van der Waals surface area contributed by atoms with Gasteiger partial charge in [0.1, 0.15) is 0 Å². The molecular formula is C11H18F4N2O. The average molecular weight is 270 g/mol. The summed E-state index contributed by atoms with van der Waals surface area (Å²) in [6.45, 7) is 0.176. The molecule has 1 saturated carbocycles. The largest absolute Gasteiger partial charge is 0.352 e. The van der Waals surface area contributed by atoms with Crippen molar-refractivity contribution < 1.29 is 22.4 Å². The molecule has 1 rings (SSSR count). The van der Waals surface area contributed by atoms with Crippen LogP contribution in [0.4, 0.5) is 17.6 Å². The van der Waals surface area contributed by atoms with Crippen LogP contribution in [0.25, 0.3) is 0 Å². The summed E-state index contributed by atoms with van der Waals surface area (Å²) in [6.07, 6.45) is 0.110. The summed E-state index contributed by atoms with van der Waals surface area (Å²) >= 11 is 0. The van der Waals surface area contributed by atoms with Gasteiger partial charge in [-0.15, -0.1) is 0 Å². The van der Waals surface area contributed by atoms with E-state index in [1.807, 2.05) is 0 Å². The highest BCUT2D eigenvalue weighted by molar-refractivity contribution is 5.81. The van der Waals surface area contributed by atoms with E-state index in [1.165, 1.54) is 6.92 Å². The number of nitrogens with one attached hydrogen (secondary N) is 2. The minimum atomic E-state index is -4.11. The van der Waals surface area contributed by atoms with Crippen molar-refractivity contribution in [2.45, 2.75) is 57.0 Å². The highest BCUT2D eigenvalue weighted by Crippen LogP contribution is 2.21. The molecule has 0 heterocycles. The lowest BCUT2D eigenvalue weighted by Gasteiger charge is -2.21. The van der Waals surface area contributed by atoms with E-state index in [0.29, 0.717) is 0 Å². The van der Waals surface area contributed by atoms with Crippen LogP contribution in [0.2, 0.25) is 0 Å². The van der Waals surface area contributed by atoms with E-state index in [-0.39, 0.29) is 6.04 Å². The predicted octanol–water partition coefficient (Wildman–Crippen LogP) is 1.92. The second-order valence-electron chi connectivity index (χ2n) is 4.65. The predicted molar refractivity (Wildman–Crippen MR) is 58.8 cm³/mol. The first-order chi connectivity index (χ1) is 8.33. The second kappa shape index (κ2) is 6.36. The van der Waals surface area contributed by atoms with E-state index in [2.05, 4.69) is 10.6 Å². The monoisotopic (exact) mass is 270 g/mol. The van der Waals surface area contributed by atoms with Crippen LogP contribution in [0, 0.1) is 0 Å². The normalized spacial score (nSPS) is 19.2.